The number of carbonyl (C=O) groups is 3. The number of allylic oxidation sites excluding steroid dienone is 4. The molecule has 1 N–H and O–H groups in total. The largest absolute Gasteiger partial charge is 0.481 e. The van der Waals surface area contributed by atoms with Crippen LogP contribution in [0.5, 0.6) is 5.75 Å². The van der Waals surface area contributed by atoms with E-state index in [4.69, 9.17) is 15.8 Å². The number of Topliss-reactive ketones (excluding diaryl/α,β-unsaturated/α-hetero) is 2. The number of carbonyl (C=O) groups excluding carboxylic acids is 2. The predicted octanol–water partition coefficient (Wildman–Crippen LogP) is 6.58. The smallest absolute Gasteiger partial charge is 0.339 e. The van der Waals surface area contributed by atoms with Gasteiger partial charge < -0.3 is 14.2 Å². The molecular weight excluding hydrogens is 590 g/mol. The van der Waals surface area contributed by atoms with Crippen LogP contribution in [0.3, 0.4) is 0 Å². The monoisotopic (exact) mass is 625 g/mol. The van der Waals surface area contributed by atoms with Crippen molar-refractivity contribution in [1.29, 1.82) is 0 Å². The second-order valence-corrected chi connectivity index (χ2v) is 15.3. The maximum Gasteiger partial charge on any atom is 0.339 e. The number of benzene rings is 2. The zero-order chi connectivity index (χ0) is 31.5. The van der Waals surface area contributed by atoms with Crippen molar-refractivity contribution in [3.8, 4) is 5.75 Å². The Morgan fingerprint density at radius 2 is 1.47 bits per heavy atom. The number of ketones is 2. The van der Waals surface area contributed by atoms with Crippen LogP contribution in [0, 0.1) is 17.8 Å². The van der Waals surface area contributed by atoms with E-state index in [1.54, 1.807) is 24.3 Å². The Balaban J connectivity index is 1.63. The third-order valence-electron chi connectivity index (χ3n) is 8.37. The molecule has 3 aliphatic rings. The van der Waals surface area contributed by atoms with Crippen molar-refractivity contribution in [1.82, 2.24) is 4.90 Å². The van der Waals surface area contributed by atoms with Crippen molar-refractivity contribution < 1.29 is 32.1 Å². The van der Waals surface area contributed by atoms with E-state index in [9.17, 15) is 27.9 Å². The average molecular weight is 626 g/mol. The molecule has 0 radical (unpaired) electrons. The Labute approximate surface area is 257 Å². The van der Waals surface area contributed by atoms with Crippen LogP contribution in [0.4, 0.5) is 0 Å². The summed E-state index contributed by atoms with van der Waals surface area (Å²) >= 11 is 6.63. The first-order chi connectivity index (χ1) is 20.0. The molecule has 8 nitrogen and oxygen atoms in total. The molecule has 0 amide bonds. The molecule has 0 unspecified atom stereocenters. The zero-order valence-electron chi connectivity index (χ0n) is 25.0. The van der Waals surface area contributed by atoms with Gasteiger partial charge in [0.2, 0.25) is 0 Å². The zero-order valence-corrected chi connectivity index (χ0v) is 26.6. The average Bonchev–Trinajstić information content (AvgIpc) is 2.87. The highest BCUT2D eigenvalue weighted by molar-refractivity contribution is 7.87. The molecule has 0 bridgehead atoms. The van der Waals surface area contributed by atoms with Crippen molar-refractivity contribution in [3.05, 3.63) is 81.2 Å². The van der Waals surface area contributed by atoms with Crippen LogP contribution >= 0.6 is 11.6 Å². The second-order valence-electron chi connectivity index (χ2n) is 13.4. The van der Waals surface area contributed by atoms with Gasteiger partial charge in [-0.25, -0.2) is 0 Å². The highest BCUT2D eigenvalue weighted by atomic mass is 35.5. The van der Waals surface area contributed by atoms with Crippen LogP contribution in [-0.2, 0) is 24.5 Å². The maximum absolute atomic E-state index is 13.9. The minimum atomic E-state index is -4.16. The van der Waals surface area contributed by atoms with Gasteiger partial charge in [0.15, 0.2) is 17.3 Å². The van der Waals surface area contributed by atoms with Gasteiger partial charge >= 0.3 is 16.1 Å². The molecule has 2 aliphatic carbocycles. The van der Waals surface area contributed by atoms with Crippen molar-refractivity contribution in [2.45, 2.75) is 77.5 Å². The Morgan fingerprint density at radius 3 is 1.95 bits per heavy atom. The molecule has 0 saturated carbocycles. The SMILES string of the molecule is Cc1ccc(S(=O)(=O)Oc2ccc(C3C4=C(CC(C)(C)CC4=O)N(CCC(=O)O)C4=C3C(=O)CC(C)(C)C4)cc2Cl)cc1. The normalized spacial score (nSPS) is 20.2. The van der Waals surface area contributed by atoms with E-state index in [0.717, 1.165) is 17.0 Å². The number of rotatable bonds is 7. The number of aliphatic carboxylic acids is 1. The summed E-state index contributed by atoms with van der Waals surface area (Å²) in [5, 5.41) is 9.56. The summed E-state index contributed by atoms with van der Waals surface area (Å²) in [5.74, 6) is -1.94. The van der Waals surface area contributed by atoms with Crippen LogP contribution in [0.25, 0.3) is 0 Å². The molecule has 5 rings (SSSR count). The molecule has 0 atom stereocenters. The predicted molar refractivity (Wildman–Crippen MR) is 162 cm³/mol. The van der Waals surface area contributed by atoms with Crippen LogP contribution < -0.4 is 4.18 Å². The van der Waals surface area contributed by atoms with E-state index in [1.807, 2.05) is 39.5 Å². The summed E-state index contributed by atoms with van der Waals surface area (Å²) in [6.07, 6.45) is 1.50. The first-order valence-electron chi connectivity index (χ1n) is 14.3. The molecule has 2 aromatic carbocycles. The van der Waals surface area contributed by atoms with E-state index >= 15 is 0 Å². The summed E-state index contributed by atoms with van der Waals surface area (Å²) in [6, 6.07) is 10.9. The van der Waals surface area contributed by atoms with E-state index in [2.05, 4.69) is 0 Å². The molecule has 1 aliphatic heterocycles. The number of hydrogen-bond donors (Lipinski definition) is 1. The van der Waals surface area contributed by atoms with Gasteiger partial charge in [-0.2, -0.15) is 8.42 Å². The molecule has 1 heterocycles. The minimum absolute atomic E-state index is 0.0117. The first kappa shape index (κ1) is 31.0. The van der Waals surface area contributed by atoms with Gasteiger partial charge in [0, 0.05) is 47.8 Å². The van der Waals surface area contributed by atoms with Gasteiger partial charge in [0.05, 0.1) is 11.4 Å². The van der Waals surface area contributed by atoms with Crippen LogP contribution in [0.1, 0.15) is 76.8 Å². The summed E-state index contributed by atoms with van der Waals surface area (Å²) in [4.78, 5) is 41.3. The van der Waals surface area contributed by atoms with Crippen molar-refractivity contribution in [3.63, 3.8) is 0 Å². The van der Waals surface area contributed by atoms with Gasteiger partial charge in [-0.3, -0.25) is 14.4 Å². The number of aryl methyl sites for hydroxylation is 1. The Hall–Kier alpha value is -3.43. The summed E-state index contributed by atoms with van der Waals surface area (Å²) in [5.41, 5.74) is 3.22. The second kappa shape index (κ2) is 10.9. The fourth-order valence-corrected chi connectivity index (χ4v) is 7.71. The topological polar surface area (TPSA) is 118 Å². The molecule has 43 heavy (non-hydrogen) atoms. The number of carboxylic acids is 1. The fourth-order valence-electron chi connectivity index (χ4n) is 6.49. The van der Waals surface area contributed by atoms with Gasteiger partial charge in [-0.05, 0) is 60.4 Å². The maximum atomic E-state index is 13.9. The highest BCUT2D eigenvalue weighted by Crippen LogP contribution is 2.54. The lowest BCUT2D eigenvalue weighted by Gasteiger charge is -2.49. The van der Waals surface area contributed by atoms with Crippen LogP contribution in [0.15, 0.2) is 69.9 Å². The van der Waals surface area contributed by atoms with Gasteiger partial charge in [0.1, 0.15) is 4.90 Å². The number of carboxylic acid groups (broad SMARTS) is 1. The van der Waals surface area contributed by atoms with Crippen molar-refractivity contribution >= 4 is 39.3 Å². The van der Waals surface area contributed by atoms with Gasteiger partial charge in [0.25, 0.3) is 0 Å². The fraction of sp³-hybridized carbons (Fsp3) is 0.424. The van der Waals surface area contributed by atoms with E-state index in [-0.39, 0.29) is 63.9 Å². The molecule has 228 valence electrons. The first-order valence-corrected chi connectivity index (χ1v) is 16.1. The molecule has 2 aromatic rings. The lowest BCUT2D eigenvalue weighted by atomic mass is 9.63. The summed E-state index contributed by atoms with van der Waals surface area (Å²) in [6.45, 7) is 10.0. The molecule has 0 saturated heterocycles. The Morgan fingerprint density at radius 1 is 0.930 bits per heavy atom. The highest BCUT2D eigenvalue weighted by Gasteiger charge is 2.49. The van der Waals surface area contributed by atoms with Gasteiger partial charge in [-0.1, -0.05) is 63.1 Å². The van der Waals surface area contributed by atoms with Crippen molar-refractivity contribution in [2.24, 2.45) is 10.8 Å². The van der Waals surface area contributed by atoms with Crippen molar-refractivity contribution in [2.75, 3.05) is 6.54 Å². The quantitative estimate of drug-likeness (QED) is 0.343. The third kappa shape index (κ3) is 6.15. The number of hydrogen-bond acceptors (Lipinski definition) is 7. The minimum Gasteiger partial charge on any atom is -0.481 e. The standard InChI is InChI=1S/C33H36ClNO7S/c1-19-6-9-21(10-7-19)43(40,41)42-27-11-8-20(14-22(27)34)29-30-23(15-32(2,3)17-25(30)36)35(13-12-28(38)39)24-16-33(4,5)18-26(37)31(24)29/h6-11,14,29H,12-13,15-18H2,1-5H3,(H,38,39). The lowest BCUT2D eigenvalue weighted by Crippen LogP contribution is -2.45. The number of halogens is 1. The molecule has 0 spiro atoms. The van der Waals surface area contributed by atoms with E-state index in [0.29, 0.717) is 29.6 Å². The van der Waals surface area contributed by atoms with Crippen LogP contribution in [0.2, 0.25) is 5.02 Å². The lowest BCUT2D eigenvalue weighted by molar-refractivity contribution is -0.137. The molecule has 0 fully saturated rings. The van der Waals surface area contributed by atoms with E-state index in [1.165, 1.54) is 18.2 Å². The Bertz CT molecular complexity index is 1650. The molecule has 10 heteroatoms. The van der Waals surface area contributed by atoms with E-state index < -0.39 is 22.0 Å². The third-order valence-corrected chi connectivity index (χ3v) is 9.91. The summed E-state index contributed by atoms with van der Waals surface area (Å²) < 4.78 is 31.3. The van der Waals surface area contributed by atoms with Crippen LogP contribution in [-0.4, -0.2) is 42.5 Å². The summed E-state index contributed by atoms with van der Waals surface area (Å²) in [7, 11) is -4.16. The Kier molecular flexibility index (Phi) is 7.88. The molecule has 0 aromatic heterocycles. The van der Waals surface area contributed by atoms with Gasteiger partial charge in [-0.15, -0.1) is 0 Å². The molecular formula is C33H36ClNO7S. The number of nitrogens with zero attached hydrogens (tertiary/aromatic N) is 1.